The van der Waals surface area contributed by atoms with Crippen LogP contribution >= 0.6 is 0 Å². The Morgan fingerprint density at radius 2 is 2.42 bits per heavy atom. The SMILES string of the molecule is N#Cc1cccc(N2CCCNC(CC(=O)O)C2)c1. The minimum absolute atomic E-state index is 0.0502. The van der Waals surface area contributed by atoms with E-state index in [2.05, 4.69) is 16.3 Å². The smallest absolute Gasteiger partial charge is 0.304 e. The van der Waals surface area contributed by atoms with Crippen molar-refractivity contribution in [3.63, 3.8) is 0 Å². The van der Waals surface area contributed by atoms with Crippen LogP contribution in [0.1, 0.15) is 18.4 Å². The fourth-order valence-corrected chi connectivity index (χ4v) is 2.35. The number of nitriles is 1. The van der Waals surface area contributed by atoms with Gasteiger partial charge in [0.1, 0.15) is 0 Å². The number of carboxylic acids is 1. The van der Waals surface area contributed by atoms with Gasteiger partial charge in [-0.2, -0.15) is 5.26 Å². The van der Waals surface area contributed by atoms with Gasteiger partial charge < -0.3 is 15.3 Å². The van der Waals surface area contributed by atoms with Crippen molar-refractivity contribution in [1.29, 1.82) is 5.26 Å². The van der Waals surface area contributed by atoms with Gasteiger partial charge in [-0.15, -0.1) is 0 Å². The molecule has 0 bridgehead atoms. The molecule has 1 heterocycles. The molecule has 5 heteroatoms. The maximum absolute atomic E-state index is 10.8. The topological polar surface area (TPSA) is 76.4 Å². The van der Waals surface area contributed by atoms with Crippen LogP contribution in [0.3, 0.4) is 0 Å². The first kappa shape index (κ1) is 13.4. The van der Waals surface area contributed by atoms with Crippen LogP contribution in [0.2, 0.25) is 0 Å². The summed E-state index contributed by atoms with van der Waals surface area (Å²) < 4.78 is 0. The number of hydrogen-bond donors (Lipinski definition) is 2. The molecular weight excluding hydrogens is 242 g/mol. The molecule has 1 aromatic carbocycles. The predicted molar refractivity (Wildman–Crippen MR) is 72.0 cm³/mol. The molecule has 0 aromatic heterocycles. The van der Waals surface area contributed by atoms with Crippen LogP contribution < -0.4 is 10.2 Å². The highest BCUT2D eigenvalue weighted by molar-refractivity contribution is 5.67. The summed E-state index contributed by atoms with van der Waals surface area (Å²) >= 11 is 0. The second-order valence-electron chi connectivity index (χ2n) is 4.71. The Kier molecular flexibility index (Phi) is 4.37. The fraction of sp³-hybridized carbons (Fsp3) is 0.429. The van der Waals surface area contributed by atoms with Crippen LogP contribution in [0.25, 0.3) is 0 Å². The minimum atomic E-state index is -0.787. The molecule has 0 radical (unpaired) electrons. The Morgan fingerprint density at radius 3 is 3.16 bits per heavy atom. The summed E-state index contributed by atoms with van der Waals surface area (Å²) in [6.07, 6.45) is 1.08. The lowest BCUT2D eigenvalue weighted by Gasteiger charge is -2.26. The average Bonchev–Trinajstić information content (AvgIpc) is 2.64. The maximum Gasteiger partial charge on any atom is 0.304 e. The molecule has 0 saturated carbocycles. The van der Waals surface area contributed by atoms with E-state index in [0.29, 0.717) is 12.1 Å². The van der Waals surface area contributed by atoms with Crippen molar-refractivity contribution in [3.05, 3.63) is 29.8 Å². The molecule has 1 fully saturated rings. The van der Waals surface area contributed by atoms with Gasteiger partial charge in [-0.3, -0.25) is 4.79 Å². The van der Waals surface area contributed by atoms with Gasteiger partial charge >= 0.3 is 5.97 Å². The standard InChI is InChI=1S/C14H17N3O2/c15-9-11-3-1-4-13(7-11)17-6-2-5-16-12(10-17)8-14(18)19/h1,3-4,7,12,16H,2,5-6,8,10H2,(H,18,19). The lowest BCUT2D eigenvalue weighted by atomic mass is 10.1. The van der Waals surface area contributed by atoms with E-state index in [1.165, 1.54) is 0 Å². The second kappa shape index (κ2) is 6.21. The molecule has 1 unspecified atom stereocenters. The first-order valence-corrected chi connectivity index (χ1v) is 6.39. The molecule has 1 saturated heterocycles. The van der Waals surface area contributed by atoms with E-state index in [9.17, 15) is 4.79 Å². The van der Waals surface area contributed by atoms with E-state index in [-0.39, 0.29) is 12.5 Å². The molecule has 1 aliphatic heterocycles. The van der Waals surface area contributed by atoms with Crippen molar-refractivity contribution >= 4 is 11.7 Å². The summed E-state index contributed by atoms with van der Waals surface area (Å²) in [5.74, 6) is -0.787. The molecule has 0 spiro atoms. The summed E-state index contributed by atoms with van der Waals surface area (Å²) in [4.78, 5) is 13.0. The zero-order chi connectivity index (χ0) is 13.7. The van der Waals surface area contributed by atoms with Gasteiger partial charge in [0, 0.05) is 24.8 Å². The van der Waals surface area contributed by atoms with Gasteiger partial charge in [0.2, 0.25) is 0 Å². The van der Waals surface area contributed by atoms with E-state index < -0.39 is 5.97 Å². The van der Waals surface area contributed by atoms with E-state index >= 15 is 0 Å². The Balaban J connectivity index is 2.13. The number of benzene rings is 1. The van der Waals surface area contributed by atoms with Gasteiger partial charge in [-0.05, 0) is 31.2 Å². The number of rotatable bonds is 3. The number of nitrogens with zero attached hydrogens (tertiary/aromatic N) is 2. The number of carboxylic acid groups (broad SMARTS) is 1. The molecular formula is C14H17N3O2. The minimum Gasteiger partial charge on any atom is -0.481 e. The summed E-state index contributed by atoms with van der Waals surface area (Å²) in [7, 11) is 0. The van der Waals surface area contributed by atoms with Gasteiger partial charge in [0.25, 0.3) is 0 Å². The lowest BCUT2D eigenvalue weighted by Crippen LogP contribution is -2.39. The normalized spacial score (nSPS) is 19.5. The first-order valence-electron chi connectivity index (χ1n) is 6.39. The quantitative estimate of drug-likeness (QED) is 0.853. The number of carbonyl (C=O) groups is 1. The molecule has 1 atom stereocenters. The highest BCUT2D eigenvalue weighted by atomic mass is 16.4. The Labute approximate surface area is 112 Å². The van der Waals surface area contributed by atoms with Gasteiger partial charge in [-0.1, -0.05) is 6.07 Å². The van der Waals surface area contributed by atoms with Gasteiger partial charge in [0.15, 0.2) is 0 Å². The third kappa shape index (κ3) is 3.70. The highest BCUT2D eigenvalue weighted by Crippen LogP contribution is 2.18. The molecule has 0 amide bonds. The van der Waals surface area contributed by atoms with Crippen molar-refractivity contribution in [2.24, 2.45) is 0 Å². The third-order valence-corrected chi connectivity index (χ3v) is 3.24. The Morgan fingerprint density at radius 1 is 1.58 bits per heavy atom. The molecule has 0 aliphatic carbocycles. The van der Waals surface area contributed by atoms with Crippen LogP contribution in [0.4, 0.5) is 5.69 Å². The monoisotopic (exact) mass is 259 g/mol. The number of nitrogens with one attached hydrogen (secondary N) is 1. The van der Waals surface area contributed by atoms with Crippen molar-refractivity contribution in [1.82, 2.24) is 5.32 Å². The number of aliphatic carboxylic acids is 1. The first-order chi connectivity index (χ1) is 9.19. The summed E-state index contributed by atoms with van der Waals surface area (Å²) in [5, 5.41) is 21.1. The zero-order valence-corrected chi connectivity index (χ0v) is 10.7. The number of hydrogen-bond acceptors (Lipinski definition) is 4. The second-order valence-corrected chi connectivity index (χ2v) is 4.71. The summed E-state index contributed by atoms with van der Waals surface area (Å²) in [5.41, 5.74) is 1.61. The largest absolute Gasteiger partial charge is 0.481 e. The molecule has 2 N–H and O–H groups in total. The van der Waals surface area contributed by atoms with E-state index in [1.807, 2.05) is 18.2 Å². The van der Waals surface area contributed by atoms with Crippen molar-refractivity contribution in [2.45, 2.75) is 18.9 Å². The Bertz CT molecular complexity index is 496. The van der Waals surface area contributed by atoms with Crippen LogP contribution in [-0.4, -0.2) is 36.8 Å². The maximum atomic E-state index is 10.8. The summed E-state index contributed by atoms with van der Waals surface area (Å²) in [6, 6.07) is 9.52. The predicted octanol–water partition coefficient (Wildman–Crippen LogP) is 1.20. The van der Waals surface area contributed by atoms with Gasteiger partial charge in [-0.25, -0.2) is 0 Å². The summed E-state index contributed by atoms with van der Waals surface area (Å²) in [6.45, 7) is 2.35. The van der Waals surface area contributed by atoms with Crippen LogP contribution in [0, 0.1) is 11.3 Å². The van der Waals surface area contributed by atoms with Crippen molar-refractivity contribution < 1.29 is 9.90 Å². The zero-order valence-electron chi connectivity index (χ0n) is 10.7. The Hall–Kier alpha value is -2.06. The third-order valence-electron chi connectivity index (χ3n) is 3.24. The van der Waals surface area contributed by atoms with E-state index in [0.717, 1.165) is 25.2 Å². The van der Waals surface area contributed by atoms with E-state index in [1.54, 1.807) is 6.07 Å². The molecule has 5 nitrogen and oxygen atoms in total. The highest BCUT2D eigenvalue weighted by Gasteiger charge is 2.20. The average molecular weight is 259 g/mol. The molecule has 1 aliphatic rings. The number of anilines is 1. The van der Waals surface area contributed by atoms with Gasteiger partial charge in [0.05, 0.1) is 18.1 Å². The molecule has 19 heavy (non-hydrogen) atoms. The lowest BCUT2D eigenvalue weighted by molar-refractivity contribution is -0.137. The van der Waals surface area contributed by atoms with Crippen LogP contribution in [-0.2, 0) is 4.79 Å². The molecule has 1 aromatic rings. The van der Waals surface area contributed by atoms with Crippen LogP contribution in [0.15, 0.2) is 24.3 Å². The fourth-order valence-electron chi connectivity index (χ4n) is 2.35. The molecule has 2 rings (SSSR count). The van der Waals surface area contributed by atoms with E-state index in [4.69, 9.17) is 10.4 Å². The molecule has 100 valence electrons. The van der Waals surface area contributed by atoms with Crippen molar-refractivity contribution in [2.75, 3.05) is 24.5 Å². The van der Waals surface area contributed by atoms with Crippen LogP contribution in [0.5, 0.6) is 0 Å². The van der Waals surface area contributed by atoms with Crippen molar-refractivity contribution in [3.8, 4) is 6.07 Å².